The second kappa shape index (κ2) is 4.90. The SMILES string of the molecule is CNc1nc(-c2cc(Cl)cc(C)c2OC)c(C)o1. The zero-order valence-electron chi connectivity index (χ0n) is 10.8. The Hall–Kier alpha value is -1.68. The van der Waals surface area contributed by atoms with Crippen molar-refractivity contribution in [2.24, 2.45) is 0 Å². The van der Waals surface area contributed by atoms with Gasteiger partial charge in [-0.3, -0.25) is 0 Å². The van der Waals surface area contributed by atoms with Crippen molar-refractivity contribution in [1.82, 2.24) is 4.98 Å². The molecule has 1 N–H and O–H groups in total. The maximum atomic E-state index is 6.09. The quantitative estimate of drug-likeness (QED) is 0.921. The second-order valence-electron chi connectivity index (χ2n) is 3.98. The first kappa shape index (κ1) is 12.8. The summed E-state index contributed by atoms with van der Waals surface area (Å²) in [5.74, 6) is 1.48. The van der Waals surface area contributed by atoms with Crippen LogP contribution in [0.3, 0.4) is 0 Å². The monoisotopic (exact) mass is 266 g/mol. The van der Waals surface area contributed by atoms with Crippen LogP contribution in [0.4, 0.5) is 6.01 Å². The summed E-state index contributed by atoms with van der Waals surface area (Å²) in [5, 5.41) is 3.52. The molecule has 5 heteroatoms. The first-order valence-corrected chi connectivity index (χ1v) is 5.94. The average molecular weight is 267 g/mol. The standard InChI is InChI=1S/C13H15ClN2O2/c1-7-5-9(14)6-10(12(7)17-4)11-8(2)18-13(15-3)16-11/h5-6H,1-4H3,(H,15,16). The molecule has 0 bridgehead atoms. The van der Waals surface area contributed by atoms with Gasteiger partial charge in [-0.05, 0) is 31.5 Å². The maximum absolute atomic E-state index is 6.09. The predicted octanol–water partition coefficient (Wildman–Crippen LogP) is 3.66. The van der Waals surface area contributed by atoms with Crippen molar-refractivity contribution in [2.45, 2.75) is 13.8 Å². The largest absolute Gasteiger partial charge is 0.496 e. The van der Waals surface area contributed by atoms with Crippen LogP contribution < -0.4 is 10.1 Å². The van der Waals surface area contributed by atoms with Gasteiger partial charge in [0.1, 0.15) is 17.2 Å². The van der Waals surface area contributed by atoms with Crippen molar-refractivity contribution in [3.05, 3.63) is 28.5 Å². The van der Waals surface area contributed by atoms with Crippen LogP contribution in [-0.4, -0.2) is 19.1 Å². The number of hydrogen-bond acceptors (Lipinski definition) is 4. The van der Waals surface area contributed by atoms with Gasteiger partial charge in [0.15, 0.2) is 0 Å². The van der Waals surface area contributed by atoms with Gasteiger partial charge in [-0.2, -0.15) is 4.98 Å². The van der Waals surface area contributed by atoms with Crippen LogP contribution in [0, 0.1) is 13.8 Å². The molecule has 2 rings (SSSR count). The summed E-state index contributed by atoms with van der Waals surface area (Å²) in [6.07, 6.45) is 0. The molecule has 0 aliphatic heterocycles. The summed E-state index contributed by atoms with van der Waals surface area (Å²) in [4.78, 5) is 4.37. The smallest absolute Gasteiger partial charge is 0.295 e. The Labute approximate surface area is 111 Å². The molecule has 0 unspecified atom stereocenters. The van der Waals surface area contributed by atoms with Crippen LogP contribution in [0.5, 0.6) is 5.75 Å². The number of rotatable bonds is 3. The first-order chi connectivity index (χ1) is 8.56. The van der Waals surface area contributed by atoms with E-state index in [4.69, 9.17) is 20.8 Å². The lowest BCUT2D eigenvalue weighted by atomic mass is 10.1. The summed E-state index contributed by atoms with van der Waals surface area (Å²) in [6, 6.07) is 4.16. The Bertz CT molecular complexity index is 579. The molecule has 96 valence electrons. The minimum atomic E-state index is 0.474. The normalized spacial score (nSPS) is 10.5. The number of oxazole rings is 1. The molecular weight excluding hydrogens is 252 g/mol. The van der Waals surface area contributed by atoms with Gasteiger partial charge in [0.05, 0.1) is 7.11 Å². The van der Waals surface area contributed by atoms with Gasteiger partial charge in [-0.25, -0.2) is 0 Å². The van der Waals surface area contributed by atoms with Crippen molar-refractivity contribution >= 4 is 17.6 Å². The molecule has 0 fully saturated rings. The highest BCUT2D eigenvalue weighted by molar-refractivity contribution is 6.31. The van der Waals surface area contributed by atoms with E-state index in [1.165, 1.54) is 0 Å². The number of nitrogens with one attached hydrogen (secondary N) is 1. The molecule has 0 radical (unpaired) electrons. The Morgan fingerprint density at radius 3 is 2.61 bits per heavy atom. The van der Waals surface area contributed by atoms with Crippen molar-refractivity contribution in [3.8, 4) is 17.0 Å². The molecule has 0 saturated carbocycles. The minimum absolute atomic E-state index is 0.474. The number of aromatic nitrogens is 1. The minimum Gasteiger partial charge on any atom is -0.496 e. The molecule has 18 heavy (non-hydrogen) atoms. The fourth-order valence-corrected chi connectivity index (χ4v) is 2.20. The summed E-state index contributed by atoms with van der Waals surface area (Å²) < 4.78 is 10.9. The van der Waals surface area contributed by atoms with E-state index in [1.807, 2.05) is 26.0 Å². The molecule has 2 aromatic rings. The number of anilines is 1. The third-order valence-corrected chi connectivity index (χ3v) is 2.93. The van der Waals surface area contributed by atoms with E-state index in [2.05, 4.69) is 10.3 Å². The van der Waals surface area contributed by atoms with Crippen molar-refractivity contribution < 1.29 is 9.15 Å². The van der Waals surface area contributed by atoms with E-state index in [1.54, 1.807) is 14.2 Å². The molecule has 4 nitrogen and oxygen atoms in total. The van der Waals surface area contributed by atoms with E-state index in [9.17, 15) is 0 Å². The summed E-state index contributed by atoms with van der Waals surface area (Å²) in [7, 11) is 3.39. The van der Waals surface area contributed by atoms with Crippen molar-refractivity contribution in [3.63, 3.8) is 0 Å². The van der Waals surface area contributed by atoms with E-state index >= 15 is 0 Å². The van der Waals surface area contributed by atoms with Gasteiger partial charge in [-0.15, -0.1) is 0 Å². The van der Waals surface area contributed by atoms with E-state index < -0.39 is 0 Å². The molecule has 1 aromatic carbocycles. The lowest BCUT2D eigenvalue weighted by Gasteiger charge is -2.10. The van der Waals surface area contributed by atoms with Crippen LogP contribution in [0.1, 0.15) is 11.3 Å². The average Bonchev–Trinajstić information content (AvgIpc) is 2.69. The number of hydrogen-bond donors (Lipinski definition) is 1. The number of ether oxygens (including phenoxy) is 1. The second-order valence-corrected chi connectivity index (χ2v) is 4.41. The van der Waals surface area contributed by atoms with Crippen LogP contribution in [0.15, 0.2) is 16.5 Å². The van der Waals surface area contributed by atoms with E-state index in [-0.39, 0.29) is 0 Å². The topological polar surface area (TPSA) is 47.3 Å². The molecule has 0 spiro atoms. The summed E-state index contributed by atoms with van der Waals surface area (Å²) >= 11 is 6.09. The van der Waals surface area contributed by atoms with Crippen LogP contribution >= 0.6 is 11.6 Å². The lowest BCUT2D eigenvalue weighted by Crippen LogP contribution is -1.93. The van der Waals surface area contributed by atoms with Crippen LogP contribution in [-0.2, 0) is 0 Å². The Morgan fingerprint density at radius 1 is 1.33 bits per heavy atom. The summed E-state index contributed by atoms with van der Waals surface area (Å²) in [6.45, 7) is 3.81. The highest BCUT2D eigenvalue weighted by Gasteiger charge is 2.17. The molecule has 0 amide bonds. The zero-order chi connectivity index (χ0) is 13.3. The van der Waals surface area contributed by atoms with Gasteiger partial charge in [0.2, 0.25) is 0 Å². The molecule has 0 atom stereocenters. The number of nitrogens with zero attached hydrogens (tertiary/aromatic N) is 1. The van der Waals surface area contributed by atoms with Gasteiger partial charge in [0.25, 0.3) is 6.01 Å². The maximum Gasteiger partial charge on any atom is 0.295 e. The van der Waals surface area contributed by atoms with Gasteiger partial charge < -0.3 is 14.5 Å². The Balaban J connectivity index is 2.65. The number of methoxy groups -OCH3 is 1. The Kier molecular flexibility index (Phi) is 3.48. The third-order valence-electron chi connectivity index (χ3n) is 2.71. The number of aryl methyl sites for hydroxylation is 2. The molecule has 1 heterocycles. The molecular formula is C13H15ClN2O2. The van der Waals surface area contributed by atoms with E-state index in [0.29, 0.717) is 11.0 Å². The third kappa shape index (κ3) is 2.16. The fourth-order valence-electron chi connectivity index (χ4n) is 1.93. The lowest BCUT2D eigenvalue weighted by molar-refractivity contribution is 0.413. The van der Waals surface area contributed by atoms with Gasteiger partial charge >= 0.3 is 0 Å². The van der Waals surface area contributed by atoms with Crippen LogP contribution in [0.2, 0.25) is 5.02 Å². The van der Waals surface area contributed by atoms with E-state index in [0.717, 1.165) is 28.3 Å². The molecule has 1 aromatic heterocycles. The number of halogens is 1. The molecule has 0 aliphatic rings. The summed E-state index contributed by atoms with van der Waals surface area (Å²) in [5.41, 5.74) is 2.54. The highest BCUT2D eigenvalue weighted by atomic mass is 35.5. The predicted molar refractivity (Wildman–Crippen MR) is 72.5 cm³/mol. The molecule has 0 aliphatic carbocycles. The highest BCUT2D eigenvalue weighted by Crippen LogP contribution is 2.37. The zero-order valence-corrected chi connectivity index (χ0v) is 11.6. The van der Waals surface area contributed by atoms with Gasteiger partial charge in [0, 0.05) is 17.6 Å². The Morgan fingerprint density at radius 2 is 2.06 bits per heavy atom. The molecule has 0 saturated heterocycles. The van der Waals surface area contributed by atoms with Gasteiger partial charge in [-0.1, -0.05) is 11.6 Å². The van der Waals surface area contributed by atoms with Crippen molar-refractivity contribution in [2.75, 3.05) is 19.5 Å². The van der Waals surface area contributed by atoms with Crippen molar-refractivity contribution in [1.29, 1.82) is 0 Å². The fraction of sp³-hybridized carbons (Fsp3) is 0.308. The first-order valence-electron chi connectivity index (χ1n) is 5.56. The van der Waals surface area contributed by atoms with Crippen LogP contribution in [0.25, 0.3) is 11.3 Å². The number of benzene rings is 1.